The second-order valence-electron chi connectivity index (χ2n) is 6.42. The van der Waals surface area contributed by atoms with Gasteiger partial charge in [-0.2, -0.15) is 12.6 Å². The van der Waals surface area contributed by atoms with Crippen molar-refractivity contribution in [2.75, 3.05) is 5.32 Å². The van der Waals surface area contributed by atoms with E-state index in [1.165, 1.54) is 0 Å². The number of carbonyl (C=O) groups is 1. The van der Waals surface area contributed by atoms with Crippen LogP contribution in [-0.4, -0.2) is 16.1 Å². The maximum absolute atomic E-state index is 12.4. The van der Waals surface area contributed by atoms with Crippen molar-refractivity contribution in [2.24, 2.45) is 10.8 Å². The molecule has 1 aromatic rings. The molecular weight excluding hydrogens is 256 g/mol. The SMILES string of the molecule is CC(S)C(C)(C)CC(C)(C)C(=O)Nc1ccncc1. The number of thiol groups is 1. The summed E-state index contributed by atoms with van der Waals surface area (Å²) in [6.45, 7) is 10.3. The van der Waals surface area contributed by atoms with Crippen molar-refractivity contribution in [2.45, 2.75) is 46.3 Å². The molecule has 106 valence electrons. The number of amides is 1. The Morgan fingerprint density at radius 1 is 1.32 bits per heavy atom. The van der Waals surface area contributed by atoms with Gasteiger partial charge in [0.1, 0.15) is 0 Å². The summed E-state index contributed by atoms with van der Waals surface area (Å²) in [5, 5.41) is 3.18. The zero-order valence-electron chi connectivity index (χ0n) is 12.4. The van der Waals surface area contributed by atoms with Gasteiger partial charge >= 0.3 is 0 Å². The van der Waals surface area contributed by atoms with E-state index in [0.717, 1.165) is 12.1 Å². The molecule has 0 aliphatic rings. The highest BCUT2D eigenvalue weighted by Crippen LogP contribution is 2.38. The molecule has 0 aliphatic heterocycles. The van der Waals surface area contributed by atoms with Gasteiger partial charge in [0.25, 0.3) is 0 Å². The minimum absolute atomic E-state index is 0.00218. The number of aromatic nitrogens is 1. The van der Waals surface area contributed by atoms with E-state index in [0.29, 0.717) is 0 Å². The first-order chi connectivity index (χ1) is 8.65. The van der Waals surface area contributed by atoms with Crippen LogP contribution in [-0.2, 0) is 4.79 Å². The van der Waals surface area contributed by atoms with Gasteiger partial charge in [0.2, 0.25) is 5.91 Å². The van der Waals surface area contributed by atoms with Gasteiger partial charge in [0, 0.05) is 28.7 Å². The standard InChI is InChI=1S/C15H24N2OS/c1-11(19)14(2,3)10-15(4,5)13(18)17-12-6-8-16-9-7-12/h6-9,11,19H,10H2,1-5H3,(H,16,17,18). The van der Waals surface area contributed by atoms with Crippen LogP contribution in [0.25, 0.3) is 0 Å². The van der Waals surface area contributed by atoms with Crippen molar-refractivity contribution in [1.82, 2.24) is 4.98 Å². The average molecular weight is 280 g/mol. The number of rotatable bonds is 5. The summed E-state index contributed by atoms with van der Waals surface area (Å²) in [6, 6.07) is 3.58. The lowest BCUT2D eigenvalue weighted by Crippen LogP contribution is -2.37. The van der Waals surface area contributed by atoms with Gasteiger partial charge < -0.3 is 5.32 Å². The van der Waals surface area contributed by atoms with Crippen molar-refractivity contribution < 1.29 is 4.79 Å². The molecule has 1 N–H and O–H groups in total. The summed E-state index contributed by atoms with van der Waals surface area (Å²) in [6.07, 6.45) is 4.12. The highest BCUT2D eigenvalue weighted by Gasteiger charge is 2.36. The molecule has 0 saturated carbocycles. The predicted molar refractivity (Wildman–Crippen MR) is 83.5 cm³/mol. The molecule has 19 heavy (non-hydrogen) atoms. The highest BCUT2D eigenvalue weighted by molar-refractivity contribution is 7.81. The lowest BCUT2D eigenvalue weighted by atomic mass is 9.73. The van der Waals surface area contributed by atoms with Crippen LogP contribution in [0.2, 0.25) is 0 Å². The van der Waals surface area contributed by atoms with Crippen LogP contribution in [0.1, 0.15) is 41.0 Å². The van der Waals surface area contributed by atoms with E-state index >= 15 is 0 Å². The zero-order chi connectivity index (χ0) is 14.7. The smallest absolute Gasteiger partial charge is 0.230 e. The molecule has 0 bridgehead atoms. The van der Waals surface area contributed by atoms with E-state index in [1.807, 2.05) is 13.8 Å². The van der Waals surface area contributed by atoms with Crippen LogP contribution in [0.3, 0.4) is 0 Å². The number of hydrogen-bond acceptors (Lipinski definition) is 3. The minimum atomic E-state index is -0.441. The van der Waals surface area contributed by atoms with E-state index < -0.39 is 5.41 Å². The second kappa shape index (κ2) is 5.95. The largest absolute Gasteiger partial charge is 0.326 e. The molecule has 1 unspecified atom stereocenters. The van der Waals surface area contributed by atoms with E-state index in [-0.39, 0.29) is 16.6 Å². The third-order valence-corrected chi connectivity index (χ3v) is 4.28. The molecule has 3 nitrogen and oxygen atoms in total. The Morgan fingerprint density at radius 2 is 1.84 bits per heavy atom. The molecule has 0 saturated heterocycles. The summed E-state index contributed by atoms with van der Waals surface area (Å²) in [5.74, 6) is 0.0285. The Labute approximate surface area is 121 Å². The molecule has 0 fully saturated rings. The lowest BCUT2D eigenvalue weighted by Gasteiger charge is -2.36. The summed E-state index contributed by atoms with van der Waals surface area (Å²) < 4.78 is 0. The van der Waals surface area contributed by atoms with Crippen LogP contribution in [0.4, 0.5) is 5.69 Å². The summed E-state index contributed by atoms with van der Waals surface area (Å²) in [4.78, 5) is 16.3. The first kappa shape index (κ1) is 16.0. The molecule has 0 aliphatic carbocycles. The molecule has 1 aromatic heterocycles. The van der Waals surface area contributed by atoms with Gasteiger partial charge in [0.05, 0.1) is 0 Å². The van der Waals surface area contributed by atoms with Crippen molar-refractivity contribution in [1.29, 1.82) is 0 Å². The minimum Gasteiger partial charge on any atom is -0.326 e. The Balaban J connectivity index is 2.75. The fraction of sp³-hybridized carbons (Fsp3) is 0.600. The van der Waals surface area contributed by atoms with Gasteiger partial charge in [-0.1, -0.05) is 34.6 Å². The number of nitrogens with zero attached hydrogens (tertiary/aromatic N) is 1. The first-order valence-electron chi connectivity index (χ1n) is 6.55. The number of carbonyl (C=O) groups excluding carboxylic acids is 1. The topological polar surface area (TPSA) is 42.0 Å². The summed E-state index contributed by atoms with van der Waals surface area (Å²) in [5.41, 5.74) is 0.344. The van der Waals surface area contributed by atoms with E-state index in [9.17, 15) is 4.79 Å². The normalized spacial score (nSPS) is 14.0. The monoisotopic (exact) mass is 280 g/mol. The first-order valence-corrected chi connectivity index (χ1v) is 7.06. The van der Waals surface area contributed by atoms with E-state index in [4.69, 9.17) is 0 Å². The molecule has 0 radical (unpaired) electrons. The van der Waals surface area contributed by atoms with Crippen LogP contribution in [0.5, 0.6) is 0 Å². The van der Waals surface area contributed by atoms with Gasteiger partial charge in [-0.05, 0) is 24.0 Å². The van der Waals surface area contributed by atoms with E-state index in [2.05, 4.69) is 43.7 Å². The molecule has 1 heterocycles. The average Bonchev–Trinajstić information content (AvgIpc) is 2.28. The Hall–Kier alpha value is -1.03. The molecule has 4 heteroatoms. The number of hydrogen-bond donors (Lipinski definition) is 2. The van der Waals surface area contributed by atoms with Gasteiger partial charge in [-0.3, -0.25) is 9.78 Å². The molecule has 0 spiro atoms. The van der Waals surface area contributed by atoms with Crippen LogP contribution >= 0.6 is 12.6 Å². The van der Waals surface area contributed by atoms with Crippen LogP contribution < -0.4 is 5.32 Å². The number of nitrogens with one attached hydrogen (secondary N) is 1. The van der Waals surface area contributed by atoms with Crippen LogP contribution in [0.15, 0.2) is 24.5 Å². The molecule has 0 aromatic carbocycles. The molecular formula is C15H24N2OS. The number of anilines is 1. The number of pyridine rings is 1. The lowest BCUT2D eigenvalue weighted by molar-refractivity contribution is -0.125. The third-order valence-electron chi connectivity index (χ3n) is 3.58. The van der Waals surface area contributed by atoms with Crippen LogP contribution in [0, 0.1) is 10.8 Å². The summed E-state index contributed by atoms with van der Waals surface area (Å²) >= 11 is 4.52. The quantitative estimate of drug-likeness (QED) is 0.806. The fourth-order valence-electron chi connectivity index (χ4n) is 2.10. The van der Waals surface area contributed by atoms with E-state index in [1.54, 1.807) is 24.5 Å². The summed E-state index contributed by atoms with van der Waals surface area (Å²) in [7, 11) is 0. The zero-order valence-corrected chi connectivity index (χ0v) is 13.3. The third kappa shape index (κ3) is 4.53. The Morgan fingerprint density at radius 3 is 2.32 bits per heavy atom. The maximum Gasteiger partial charge on any atom is 0.230 e. The van der Waals surface area contributed by atoms with Crippen molar-refractivity contribution in [3.8, 4) is 0 Å². The van der Waals surface area contributed by atoms with Crippen molar-refractivity contribution in [3.05, 3.63) is 24.5 Å². The Kier molecular flexibility index (Phi) is 5.02. The van der Waals surface area contributed by atoms with Gasteiger partial charge in [0.15, 0.2) is 0 Å². The van der Waals surface area contributed by atoms with Crippen molar-refractivity contribution in [3.63, 3.8) is 0 Å². The van der Waals surface area contributed by atoms with Gasteiger partial charge in [-0.25, -0.2) is 0 Å². The Bertz CT molecular complexity index is 427. The van der Waals surface area contributed by atoms with Gasteiger partial charge in [-0.15, -0.1) is 0 Å². The predicted octanol–water partition coefficient (Wildman–Crippen LogP) is 3.78. The molecule has 1 rings (SSSR count). The van der Waals surface area contributed by atoms with Crippen molar-refractivity contribution >= 4 is 24.2 Å². The molecule has 1 amide bonds. The fourth-order valence-corrected chi connectivity index (χ4v) is 2.19. The molecule has 1 atom stereocenters. The second-order valence-corrected chi connectivity index (χ2v) is 7.19. The maximum atomic E-state index is 12.4. The highest BCUT2D eigenvalue weighted by atomic mass is 32.1.